The van der Waals surface area contributed by atoms with Gasteiger partial charge < -0.3 is 11.1 Å². The lowest BCUT2D eigenvalue weighted by Crippen LogP contribution is -2.36. The number of amides is 1. The van der Waals surface area contributed by atoms with E-state index < -0.39 is 0 Å². The van der Waals surface area contributed by atoms with E-state index in [1.54, 1.807) is 23.9 Å². The molecule has 1 atom stereocenters. The Bertz CT molecular complexity index is 341. The molecule has 1 aromatic heterocycles. The van der Waals surface area contributed by atoms with Gasteiger partial charge in [-0.05, 0) is 24.8 Å². The molecule has 0 spiro atoms. The van der Waals surface area contributed by atoms with Crippen molar-refractivity contribution in [1.82, 2.24) is 15.5 Å². The Kier molecular flexibility index (Phi) is 5.04. The molecule has 0 aliphatic carbocycles. The minimum atomic E-state index is -0.201. The molecule has 1 heterocycles. The molecule has 1 rings (SSSR count). The summed E-state index contributed by atoms with van der Waals surface area (Å²) >= 11 is 1.70. The van der Waals surface area contributed by atoms with E-state index in [0.717, 1.165) is 12.2 Å². The van der Waals surface area contributed by atoms with Gasteiger partial charge in [-0.3, -0.25) is 4.79 Å². The first-order chi connectivity index (χ1) is 7.67. The van der Waals surface area contributed by atoms with E-state index in [1.165, 1.54) is 0 Å². The van der Waals surface area contributed by atoms with E-state index in [9.17, 15) is 4.79 Å². The largest absolute Gasteiger partial charge is 0.382 e. The maximum absolute atomic E-state index is 11.7. The first-order valence-corrected chi connectivity index (χ1v) is 6.45. The smallest absolute Gasteiger partial charge is 0.272 e. The van der Waals surface area contributed by atoms with Crippen LogP contribution >= 0.6 is 11.8 Å². The molecule has 0 saturated carbocycles. The van der Waals surface area contributed by atoms with E-state index >= 15 is 0 Å². The van der Waals surface area contributed by atoms with Gasteiger partial charge in [0.1, 0.15) is 5.82 Å². The number of nitrogens with zero attached hydrogens (tertiary/aromatic N) is 2. The molecule has 0 bridgehead atoms. The SMILES string of the molecule is CCC(CSC)NC(=O)c1ccc(N)nn1. The number of hydrogen-bond acceptors (Lipinski definition) is 5. The lowest BCUT2D eigenvalue weighted by molar-refractivity contribution is 0.0934. The van der Waals surface area contributed by atoms with Crippen molar-refractivity contribution in [2.45, 2.75) is 19.4 Å². The van der Waals surface area contributed by atoms with Crippen molar-refractivity contribution in [3.63, 3.8) is 0 Å². The molecule has 0 radical (unpaired) electrons. The van der Waals surface area contributed by atoms with Gasteiger partial charge in [0.25, 0.3) is 5.91 Å². The lowest BCUT2D eigenvalue weighted by Gasteiger charge is -2.14. The standard InChI is InChI=1S/C10H16N4OS/c1-3-7(6-16-2)12-10(15)8-4-5-9(11)14-13-8/h4-5,7H,3,6H2,1-2H3,(H2,11,14)(H,12,15). The van der Waals surface area contributed by atoms with Crippen molar-refractivity contribution < 1.29 is 4.79 Å². The fourth-order valence-corrected chi connectivity index (χ4v) is 1.91. The Morgan fingerprint density at radius 2 is 2.31 bits per heavy atom. The van der Waals surface area contributed by atoms with Crippen LogP contribution in [0.2, 0.25) is 0 Å². The molecule has 0 aromatic carbocycles. The van der Waals surface area contributed by atoms with Crippen LogP contribution in [0, 0.1) is 0 Å². The minimum absolute atomic E-state index is 0.168. The maximum Gasteiger partial charge on any atom is 0.272 e. The van der Waals surface area contributed by atoms with Crippen LogP contribution in [0.15, 0.2) is 12.1 Å². The van der Waals surface area contributed by atoms with E-state index in [-0.39, 0.29) is 11.9 Å². The van der Waals surface area contributed by atoms with Crippen LogP contribution in [0.25, 0.3) is 0 Å². The molecule has 88 valence electrons. The Balaban J connectivity index is 2.60. The Labute approximate surface area is 99.2 Å². The van der Waals surface area contributed by atoms with E-state index in [1.807, 2.05) is 13.2 Å². The van der Waals surface area contributed by atoms with Gasteiger partial charge in [-0.25, -0.2) is 0 Å². The molecule has 1 unspecified atom stereocenters. The molecule has 1 amide bonds. The number of hydrogen-bond donors (Lipinski definition) is 2. The zero-order valence-electron chi connectivity index (χ0n) is 9.43. The Morgan fingerprint density at radius 1 is 1.56 bits per heavy atom. The summed E-state index contributed by atoms with van der Waals surface area (Å²) in [6.45, 7) is 2.04. The summed E-state index contributed by atoms with van der Waals surface area (Å²) in [6.07, 6.45) is 2.91. The van der Waals surface area contributed by atoms with Gasteiger partial charge in [0.15, 0.2) is 5.69 Å². The van der Waals surface area contributed by atoms with Crippen molar-refractivity contribution in [1.29, 1.82) is 0 Å². The van der Waals surface area contributed by atoms with E-state index in [4.69, 9.17) is 5.73 Å². The van der Waals surface area contributed by atoms with Gasteiger partial charge >= 0.3 is 0 Å². The molecule has 6 heteroatoms. The lowest BCUT2D eigenvalue weighted by atomic mass is 10.2. The third kappa shape index (κ3) is 3.69. The minimum Gasteiger partial charge on any atom is -0.382 e. The summed E-state index contributed by atoms with van der Waals surface area (Å²) in [5.41, 5.74) is 5.69. The topological polar surface area (TPSA) is 80.9 Å². The third-order valence-corrected chi connectivity index (χ3v) is 2.85. The summed E-state index contributed by atoms with van der Waals surface area (Å²) in [5, 5.41) is 10.3. The molecule has 5 nitrogen and oxygen atoms in total. The van der Waals surface area contributed by atoms with E-state index in [2.05, 4.69) is 15.5 Å². The van der Waals surface area contributed by atoms with Crippen molar-refractivity contribution in [2.75, 3.05) is 17.7 Å². The zero-order chi connectivity index (χ0) is 12.0. The third-order valence-electron chi connectivity index (χ3n) is 2.11. The highest BCUT2D eigenvalue weighted by Gasteiger charge is 2.12. The summed E-state index contributed by atoms with van der Waals surface area (Å²) in [5.74, 6) is 1.01. The first-order valence-electron chi connectivity index (χ1n) is 5.06. The number of nitrogens with one attached hydrogen (secondary N) is 1. The molecule has 0 saturated heterocycles. The fraction of sp³-hybridized carbons (Fsp3) is 0.500. The maximum atomic E-state index is 11.7. The second-order valence-corrected chi connectivity index (χ2v) is 4.29. The summed E-state index contributed by atoms with van der Waals surface area (Å²) in [4.78, 5) is 11.7. The van der Waals surface area contributed by atoms with Crippen LogP contribution in [0.4, 0.5) is 5.82 Å². The average molecular weight is 240 g/mol. The molecule has 3 N–H and O–H groups in total. The normalized spacial score (nSPS) is 12.1. The highest BCUT2D eigenvalue weighted by atomic mass is 32.2. The van der Waals surface area contributed by atoms with Gasteiger partial charge in [-0.1, -0.05) is 6.92 Å². The van der Waals surface area contributed by atoms with Gasteiger partial charge in [0.05, 0.1) is 0 Å². The highest BCUT2D eigenvalue weighted by Crippen LogP contribution is 2.03. The molecule has 16 heavy (non-hydrogen) atoms. The van der Waals surface area contributed by atoms with Crippen molar-refractivity contribution in [3.8, 4) is 0 Å². The predicted octanol–water partition coefficient (Wildman–Crippen LogP) is 0.930. The van der Waals surface area contributed by atoms with Gasteiger partial charge in [-0.2, -0.15) is 11.8 Å². The number of thioether (sulfide) groups is 1. The fourth-order valence-electron chi connectivity index (χ4n) is 1.19. The molecule has 0 fully saturated rings. The first kappa shape index (κ1) is 12.8. The van der Waals surface area contributed by atoms with Crippen molar-refractivity contribution >= 4 is 23.5 Å². The van der Waals surface area contributed by atoms with Crippen LogP contribution in [0.1, 0.15) is 23.8 Å². The summed E-state index contributed by atoms with van der Waals surface area (Å²) in [7, 11) is 0. The number of carbonyl (C=O) groups excluding carboxylic acids is 1. The number of nitrogen functional groups attached to an aromatic ring is 1. The molecule has 1 aromatic rings. The second kappa shape index (κ2) is 6.32. The van der Waals surface area contributed by atoms with Crippen molar-refractivity contribution in [2.24, 2.45) is 0 Å². The van der Waals surface area contributed by atoms with Crippen LogP contribution in [0.5, 0.6) is 0 Å². The Hall–Kier alpha value is -1.30. The van der Waals surface area contributed by atoms with Crippen molar-refractivity contribution in [3.05, 3.63) is 17.8 Å². The molecular formula is C10H16N4OS. The number of nitrogens with two attached hydrogens (primary N) is 1. The summed E-state index contributed by atoms with van der Waals surface area (Å²) < 4.78 is 0. The Morgan fingerprint density at radius 3 is 2.81 bits per heavy atom. The molecular weight excluding hydrogens is 224 g/mol. The van der Waals surface area contributed by atoms with Gasteiger partial charge in [0.2, 0.25) is 0 Å². The molecule has 0 aliphatic heterocycles. The van der Waals surface area contributed by atoms with Crippen LogP contribution < -0.4 is 11.1 Å². The predicted molar refractivity (Wildman–Crippen MR) is 66.4 cm³/mol. The highest BCUT2D eigenvalue weighted by molar-refractivity contribution is 7.98. The number of rotatable bonds is 5. The zero-order valence-corrected chi connectivity index (χ0v) is 10.3. The summed E-state index contributed by atoms with van der Waals surface area (Å²) in [6, 6.07) is 3.31. The van der Waals surface area contributed by atoms with Crippen LogP contribution in [0.3, 0.4) is 0 Å². The monoisotopic (exact) mass is 240 g/mol. The number of carbonyl (C=O) groups is 1. The average Bonchev–Trinajstić information content (AvgIpc) is 2.29. The number of aromatic nitrogens is 2. The van der Waals surface area contributed by atoms with Gasteiger partial charge in [-0.15, -0.1) is 10.2 Å². The van der Waals surface area contributed by atoms with E-state index in [0.29, 0.717) is 11.5 Å². The van der Waals surface area contributed by atoms with Gasteiger partial charge in [0, 0.05) is 11.8 Å². The van der Waals surface area contributed by atoms with Crippen LogP contribution in [-0.4, -0.2) is 34.2 Å². The quantitative estimate of drug-likeness (QED) is 0.800. The number of anilines is 1. The van der Waals surface area contributed by atoms with Crippen LogP contribution in [-0.2, 0) is 0 Å². The molecule has 0 aliphatic rings. The second-order valence-electron chi connectivity index (χ2n) is 3.38.